The molecule has 0 aliphatic carbocycles. The van der Waals surface area contributed by atoms with Crippen molar-refractivity contribution in [2.24, 2.45) is 17.8 Å². The zero-order valence-electron chi connectivity index (χ0n) is 23.8. The molecule has 1 spiro atoms. The van der Waals surface area contributed by atoms with Gasteiger partial charge in [0.05, 0.1) is 30.8 Å². The molecular weight excluding hydrogens is 484 g/mol. The van der Waals surface area contributed by atoms with Crippen molar-refractivity contribution in [2.75, 3.05) is 26.3 Å². The molecule has 214 valence electrons. The Morgan fingerprint density at radius 2 is 1.97 bits per heavy atom. The van der Waals surface area contributed by atoms with Crippen molar-refractivity contribution in [1.29, 1.82) is 0 Å². The van der Waals surface area contributed by atoms with Crippen LogP contribution in [0.25, 0.3) is 0 Å². The van der Waals surface area contributed by atoms with E-state index in [0.717, 1.165) is 19.3 Å². The number of ether oxygens (including phenoxy) is 2. The number of unbranched alkanes of at least 4 members (excludes halogenated alkanes) is 2. The molecule has 1 N–H and O–H groups in total. The number of hydrogen-bond donors (Lipinski definition) is 1. The van der Waals surface area contributed by atoms with Gasteiger partial charge in [-0.1, -0.05) is 52.7 Å². The molecule has 3 heterocycles. The quantitative estimate of drug-likeness (QED) is 0.184. The molecule has 3 rings (SSSR count). The lowest BCUT2D eigenvalue weighted by molar-refractivity contribution is -0.163. The first kappa shape index (κ1) is 30.4. The molecular formula is C30H48N2O6. The van der Waals surface area contributed by atoms with E-state index in [9.17, 15) is 19.5 Å². The number of fused-ring (bicyclic) bond motifs is 1. The zero-order chi connectivity index (χ0) is 28.1. The van der Waals surface area contributed by atoms with Crippen LogP contribution in [0.2, 0.25) is 0 Å². The van der Waals surface area contributed by atoms with Gasteiger partial charge in [0.1, 0.15) is 17.6 Å². The molecule has 0 radical (unpaired) electrons. The number of hydrogen-bond acceptors (Lipinski definition) is 6. The fourth-order valence-electron chi connectivity index (χ4n) is 7.01. The molecule has 2 bridgehead atoms. The van der Waals surface area contributed by atoms with Gasteiger partial charge in [-0.2, -0.15) is 0 Å². The second-order valence-electron chi connectivity index (χ2n) is 11.6. The first-order valence-electron chi connectivity index (χ1n) is 14.5. The summed E-state index contributed by atoms with van der Waals surface area (Å²) in [5.41, 5.74) is -1.96. The third-order valence-corrected chi connectivity index (χ3v) is 8.71. The molecule has 0 aromatic rings. The van der Waals surface area contributed by atoms with Gasteiger partial charge in [0.2, 0.25) is 11.8 Å². The highest BCUT2D eigenvalue weighted by Crippen LogP contribution is 2.65. The maximum atomic E-state index is 14.4. The van der Waals surface area contributed by atoms with Crippen LogP contribution in [0.3, 0.4) is 0 Å². The molecule has 6 atom stereocenters. The van der Waals surface area contributed by atoms with Crippen molar-refractivity contribution in [2.45, 2.75) is 102 Å². The van der Waals surface area contributed by atoms with E-state index in [1.165, 1.54) is 0 Å². The van der Waals surface area contributed by atoms with Gasteiger partial charge >= 0.3 is 5.97 Å². The maximum absolute atomic E-state index is 14.4. The second kappa shape index (κ2) is 12.8. The average Bonchev–Trinajstić information content (AvgIpc) is 3.50. The number of aliphatic hydroxyl groups excluding tert-OH is 1. The molecule has 3 fully saturated rings. The molecule has 3 saturated heterocycles. The number of carbonyl (C=O) groups excluding carboxylic acids is 3. The summed E-state index contributed by atoms with van der Waals surface area (Å²) in [5, 5.41) is 10.4. The Morgan fingerprint density at radius 3 is 2.55 bits per heavy atom. The molecule has 38 heavy (non-hydrogen) atoms. The van der Waals surface area contributed by atoms with Crippen molar-refractivity contribution < 1.29 is 29.0 Å². The Bertz CT molecular complexity index is 890. The number of amides is 2. The summed E-state index contributed by atoms with van der Waals surface area (Å²) >= 11 is 0. The smallest absolute Gasteiger partial charge is 0.312 e. The minimum atomic E-state index is -1.12. The Kier molecular flexibility index (Phi) is 10.2. The van der Waals surface area contributed by atoms with Crippen molar-refractivity contribution in [3.63, 3.8) is 0 Å². The van der Waals surface area contributed by atoms with Crippen LogP contribution >= 0.6 is 0 Å². The summed E-state index contributed by atoms with van der Waals surface area (Å²) in [7, 11) is 0. The summed E-state index contributed by atoms with van der Waals surface area (Å²) in [6.07, 6.45) is 8.95. The summed E-state index contributed by atoms with van der Waals surface area (Å²) in [6.45, 7) is 16.5. The minimum absolute atomic E-state index is 0.188. The van der Waals surface area contributed by atoms with E-state index in [-0.39, 0.29) is 30.9 Å². The van der Waals surface area contributed by atoms with Gasteiger partial charge in [0.25, 0.3) is 0 Å². The highest BCUT2D eigenvalue weighted by atomic mass is 16.6. The lowest BCUT2D eigenvalue weighted by atomic mass is 9.65. The summed E-state index contributed by atoms with van der Waals surface area (Å²) < 4.78 is 12.4. The summed E-state index contributed by atoms with van der Waals surface area (Å²) in [4.78, 5) is 45.6. The van der Waals surface area contributed by atoms with Crippen LogP contribution in [-0.2, 0) is 23.9 Å². The van der Waals surface area contributed by atoms with E-state index in [1.54, 1.807) is 22.0 Å². The first-order valence-corrected chi connectivity index (χ1v) is 14.5. The maximum Gasteiger partial charge on any atom is 0.312 e. The highest BCUT2D eigenvalue weighted by molar-refractivity contribution is 5.98. The number of aliphatic hydroxyl groups is 1. The predicted molar refractivity (Wildman–Crippen MR) is 146 cm³/mol. The molecule has 0 saturated carbocycles. The Hall–Kier alpha value is -2.19. The standard InChI is InChI=1S/C30H48N2O6/c1-7-11-13-17-31(16-9-3)27(35)25-30-15-14-29(10-4,38-30)24(28(36)37-18-12-8-2)23(30)26(34)32(25)22(20-33)19-21(5)6/h8-9,21-25,33H,2-3,7,10-20H2,1,4-6H3/t22-,23+,24-,25?,29+,30?/m1/s1. The van der Waals surface area contributed by atoms with Gasteiger partial charge in [-0.25, -0.2) is 0 Å². The molecule has 2 unspecified atom stereocenters. The van der Waals surface area contributed by atoms with E-state index < -0.39 is 41.1 Å². The number of likely N-dealkylation sites (tertiary alicyclic amines) is 1. The van der Waals surface area contributed by atoms with E-state index in [2.05, 4.69) is 20.1 Å². The molecule has 2 amide bonds. The van der Waals surface area contributed by atoms with Gasteiger partial charge in [0, 0.05) is 13.1 Å². The topological polar surface area (TPSA) is 96.4 Å². The fraction of sp³-hybridized carbons (Fsp3) is 0.767. The largest absolute Gasteiger partial charge is 0.465 e. The Morgan fingerprint density at radius 1 is 1.24 bits per heavy atom. The molecule has 0 aromatic heterocycles. The lowest BCUT2D eigenvalue weighted by Crippen LogP contribution is -2.59. The zero-order valence-corrected chi connectivity index (χ0v) is 23.8. The van der Waals surface area contributed by atoms with Crippen LogP contribution in [0.15, 0.2) is 25.3 Å². The van der Waals surface area contributed by atoms with Crippen LogP contribution in [-0.4, -0.2) is 82.3 Å². The van der Waals surface area contributed by atoms with Gasteiger partial charge < -0.3 is 24.4 Å². The van der Waals surface area contributed by atoms with Crippen LogP contribution in [0.1, 0.15) is 79.1 Å². The summed E-state index contributed by atoms with van der Waals surface area (Å²) in [5.74, 6) is -2.32. The monoisotopic (exact) mass is 532 g/mol. The van der Waals surface area contributed by atoms with Crippen molar-refractivity contribution >= 4 is 17.8 Å². The van der Waals surface area contributed by atoms with Gasteiger partial charge in [0.15, 0.2) is 0 Å². The van der Waals surface area contributed by atoms with Crippen molar-refractivity contribution in [3.8, 4) is 0 Å². The number of nitrogens with zero attached hydrogens (tertiary/aromatic N) is 2. The van der Waals surface area contributed by atoms with Crippen molar-refractivity contribution in [3.05, 3.63) is 25.3 Å². The van der Waals surface area contributed by atoms with Crippen LogP contribution < -0.4 is 0 Å². The van der Waals surface area contributed by atoms with E-state index in [1.807, 2.05) is 20.8 Å². The Balaban J connectivity index is 2.09. The lowest BCUT2D eigenvalue weighted by Gasteiger charge is -2.40. The average molecular weight is 533 g/mol. The SMILES string of the molecule is C=CCCOC(=O)[C@H]1[C@H]2C(=O)N([C@@H](CO)CC(C)C)C(C(=O)N(CC=C)CCCCC)C23CC[C@]1(CC)O3. The van der Waals surface area contributed by atoms with E-state index in [4.69, 9.17) is 9.47 Å². The van der Waals surface area contributed by atoms with Gasteiger partial charge in [-0.15, -0.1) is 13.2 Å². The number of esters is 1. The fourth-order valence-corrected chi connectivity index (χ4v) is 7.01. The third kappa shape index (κ3) is 5.31. The third-order valence-electron chi connectivity index (χ3n) is 8.71. The van der Waals surface area contributed by atoms with Crippen LogP contribution in [0.5, 0.6) is 0 Å². The summed E-state index contributed by atoms with van der Waals surface area (Å²) in [6, 6.07) is -1.45. The molecule has 8 nitrogen and oxygen atoms in total. The van der Waals surface area contributed by atoms with E-state index in [0.29, 0.717) is 45.2 Å². The predicted octanol–water partition coefficient (Wildman–Crippen LogP) is 3.87. The second-order valence-corrected chi connectivity index (χ2v) is 11.6. The minimum Gasteiger partial charge on any atom is -0.465 e. The van der Waals surface area contributed by atoms with Crippen LogP contribution in [0.4, 0.5) is 0 Å². The van der Waals surface area contributed by atoms with Crippen molar-refractivity contribution in [1.82, 2.24) is 9.80 Å². The molecule has 3 aliphatic rings. The van der Waals surface area contributed by atoms with Crippen LogP contribution in [0, 0.1) is 17.8 Å². The van der Waals surface area contributed by atoms with Gasteiger partial charge in [-0.3, -0.25) is 14.4 Å². The first-order chi connectivity index (χ1) is 18.2. The normalized spacial score (nSPS) is 30.4. The molecule has 8 heteroatoms. The van der Waals surface area contributed by atoms with Gasteiger partial charge in [-0.05, 0) is 44.4 Å². The highest BCUT2D eigenvalue weighted by Gasteiger charge is 2.79. The molecule has 3 aliphatic heterocycles. The number of rotatable bonds is 16. The Labute approximate surface area is 228 Å². The van der Waals surface area contributed by atoms with E-state index >= 15 is 0 Å². The molecule has 0 aromatic carbocycles. The number of carbonyl (C=O) groups is 3.